The fraction of sp³-hybridized carbons (Fsp3) is 0.500. The highest BCUT2D eigenvalue weighted by molar-refractivity contribution is 7.85. The highest BCUT2D eigenvalue weighted by Crippen LogP contribution is 2.36. The Kier molecular flexibility index (Phi) is 4.57. The van der Waals surface area contributed by atoms with E-state index in [0.717, 1.165) is 25.2 Å². The zero-order valence-corrected chi connectivity index (χ0v) is 16.0. The van der Waals surface area contributed by atoms with Crippen LogP contribution in [0.2, 0.25) is 0 Å². The van der Waals surface area contributed by atoms with Crippen molar-refractivity contribution in [2.45, 2.75) is 55.9 Å². The molecule has 1 aliphatic heterocycles. The fourth-order valence-electron chi connectivity index (χ4n) is 4.56. The predicted octanol–water partition coefficient (Wildman–Crippen LogP) is 3.88. The van der Waals surface area contributed by atoms with Gasteiger partial charge in [-0.05, 0) is 54.7 Å². The summed E-state index contributed by atoms with van der Waals surface area (Å²) in [5.74, 6) is 0.696. The van der Waals surface area contributed by atoms with Gasteiger partial charge in [0, 0.05) is 43.6 Å². The van der Waals surface area contributed by atoms with Crippen LogP contribution in [0.4, 0.5) is 5.69 Å². The summed E-state index contributed by atoms with van der Waals surface area (Å²) >= 11 is 0. The van der Waals surface area contributed by atoms with E-state index in [2.05, 4.69) is 22.6 Å². The van der Waals surface area contributed by atoms with E-state index in [4.69, 9.17) is 4.55 Å². The number of rotatable bonds is 3. The average Bonchev–Trinajstić information content (AvgIpc) is 2.98. The first-order chi connectivity index (χ1) is 12.4. The molecular weight excluding hydrogens is 348 g/mol. The third kappa shape index (κ3) is 3.28. The van der Waals surface area contributed by atoms with Crippen molar-refractivity contribution in [2.75, 3.05) is 11.4 Å². The van der Waals surface area contributed by atoms with Crippen LogP contribution in [0.15, 0.2) is 35.2 Å². The van der Waals surface area contributed by atoms with E-state index in [-0.39, 0.29) is 4.90 Å². The molecule has 4 rings (SSSR count). The molecule has 1 aliphatic carbocycles. The monoisotopic (exact) mass is 374 g/mol. The zero-order valence-electron chi connectivity index (χ0n) is 15.2. The number of hydrogen-bond acceptors (Lipinski definition) is 3. The highest BCUT2D eigenvalue weighted by atomic mass is 32.2. The summed E-state index contributed by atoms with van der Waals surface area (Å²) in [6.07, 6.45) is 7.65. The maximum absolute atomic E-state index is 11.2. The largest absolute Gasteiger partial charge is 0.367 e. The molecule has 0 unspecified atom stereocenters. The van der Waals surface area contributed by atoms with Crippen LogP contribution in [0.3, 0.4) is 0 Å². The van der Waals surface area contributed by atoms with Crippen LogP contribution < -0.4 is 4.90 Å². The Morgan fingerprint density at radius 1 is 1.08 bits per heavy atom. The minimum Gasteiger partial charge on any atom is -0.367 e. The fourth-order valence-corrected chi connectivity index (χ4v) is 5.04. The van der Waals surface area contributed by atoms with Crippen LogP contribution in [0.5, 0.6) is 0 Å². The average molecular weight is 375 g/mol. The minimum atomic E-state index is -4.14. The summed E-state index contributed by atoms with van der Waals surface area (Å²) in [4.78, 5) is 2.22. The van der Waals surface area contributed by atoms with E-state index in [1.54, 1.807) is 12.1 Å². The Labute approximate surface area is 155 Å². The third-order valence-corrected chi connectivity index (χ3v) is 6.86. The first-order valence-corrected chi connectivity index (χ1v) is 10.9. The van der Waals surface area contributed by atoms with Crippen molar-refractivity contribution < 1.29 is 13.0 Å². The number of aromatic nitrogens is 1. The number of fused-ring (bicyclic) bond motifs is 1. The van der Waals surface area contributed by atoms with Crippen LogP contribution >= 0.6 is 0 Å². The molecule has 2 heterocycles. The molecule has 5 nitrogen and oxygen atoms in total. The molecule has 1 fully saturated rings. The lowest BCUT2D eigenvalue weighted by Crippen LogP contribution is -2.30. The van der Waals surface area contributed by atoms with E-state index in [1.807, 2.05) is 0 Å². The molecule has 2 aromatic rings. The third-order valence-electron chi connectivity index (χ3n) is 5.99. The van der Waals surface area contributed by atoms with Crippen molar-refractivity contribution in [3.63, 3.8) is 0 Å². The van der Waals surface area contributed by atoms with Gasteiger partial charge in [0.2, 0.25) is 0 Å². The molecule has 0 amide bonds. The summed E-state index contributed by atoms with van der Waals surface area (Å²) in [6, 6.07) is 8.89. The molecule has 1 aromatic heterocycles. The first-order valence-electron chi connectivity index (χ1n) is 9.43. The van der Waals surface area contributed by atoms with Gasteiger partial charge in [-0.15, -0.1) is 0 Å². The summed E-state index contributed by atoms with van der Waals surface area (Å²) in [5, 5.41) is 0. The number of benzene rings is 1. The van der Waals surface area contributed by atoms with Crippen molar-refractivity contribution in [3.05, 3.63) is 47.3 Å². The van der Waals surface area contributed by atoms with Crippen LogP contribution in [0.1, 0.15) is 55.0 Å². The van der Waals surface area contributed by atoms with E-state index in [9.17, 15) is 8.42 Å². The van der Waals surface area contributed by atoms with Crippen LogP contribution in [-0.2, 0) is 30.1 Å². The molecule has 0 saturated heterocycles. The molecule has 0 bridgehead atoms. The van der Waals surface area contributed by atoms with Gasteiger partial charge in [-0.2, -0.15) is 8.42 Å². The summed E-state index contributed by atoms with van der Waals surface area (Å²) in [6.45, 7) is 1.77. The molecule has 6 heteroatoms. The van der Waals surface area contributed by atoms with E-state index < -0.39 is 10.1 Å². The Morgan fingerprint density at radius 2 is 1.77 bits per heavy atom. The first kappa shape index (κ1) is 17.6. The summed E-state index contributed by atoms with van der Waals surface area (Å²) in [7, 11) is -1.93. The molecule has 26 heavy (non-hydrogen) atoms. The second-order valence-electron chi connectivity index (χ2n) is 7.58. The second kappa shape index (κ2) is 6.74. The zero-order chi connectivity index (χ0) is 18.3. The van der Waals surface area contributed by atoms with Gasteiger partial charge >= 0.3 is 0 Å². The van der Waals surface area contributed by atoms with Gasteiger partial charge in [0.25, 0.3) is 10.1 Å². The summed E-state index contributed by atoms with van der Waals surface area (Å²) < 4.78 is 34.0. The molecule has 1 saturated carbocycles. The predicted molar refractivity (Wildman–Crippen MR) is 102 cm³/mol. The quantitative estimate of drug-likeness (QED) is 0.828. The Hall–Kier alpha value is -1.79. The number of hydrogen-bond donors (Lipinski definition) is 1. The smallest absolute Gasteiger partial charge is 0.294 e. The number of anilines is 1. The van der Waals surface area contributed by atoms with Crippen LogP contribution in [0, 0.1) is 0 Å². The maximum Gasteiger partial charge on any atom is 0.294 e. The standard InChI is InChI=1S/C20H26N2O3S/c1-21-19-11-12-22(17-7-9-18(10-8-17)26(23,24)25)14-16(19)13-20(21)15-5-3-2-4-6-15/h7-10,13,15H,2-6,11-12,14H2,1H3,(H,23,24,25). The Morgan fingerprint density at radius 3 is 2.42 bits per heavy atom. The molecule has 1 N–H and O–H groups in total. The topological polar surface area (TPSA) is 62.5 Å². The van der Waals surface area contributed by atoms with Crippen LogP contribution in [-0.4, -0.2) is 24.1 Å². The van der Waals surface area contributed by atoms with Gasteiger partial charge in [-0.1, -0.05) is 19.3 Å². The van der Waals surface area contributed by atoms with E-state index in [0.29, 0.717) is 5.92 Å². The summed E-state index contributed by atoms with van der Waals surface area (Å²) in [5.41, 5.74) is 5.30. The van der Waals surface area contributed by atoms with Crippen molar-refractivity contribution in [2.24, 2.45) is 7.05 Å². The molecule has 0 atom stereocenters. The second-order valence-corrected chi connectivity index (χ2v) is 9.00. The van der Waals surface area contributed by atoms with Gasteiger partial charge < -0.3 is 9.47 Å². The van der Waals surface area contributed by atoms with Gasteiger partial charge in [0.05, 0.1) is 4.90 Å². The van der Waals surface area contributed by atoms with Crippen molar-refractivity contribution in [1.82, 2.24) is 4.57 Å². The van der Waals surface area contributed by atoms with Gasteiger partial charge in [-0.25, -0.2) is 0 Å². The van der Waals surface area contributed by atoms with Gasteiger partial charge in [-0.3, -0.25) is 4.55 Å². The Bertz CT molecular complexity index is 894. The number of nitrogens with zero attached hydrogens (tertiary/aromatic N) is 2. The van der Waals surface area contributed by atoms with Crippen LogP contribution in [0.25, 0.3) is 0 Å². The van der Waals surface area contributed by atoms with Crippen molar-refractivity contribution >= 4 is 15.8 Å². The lowest BCUT2D eigenvalue weighted by atomic mass is 9.87. The molecule has 2 aliphatic rings. The molecule has 0 spiro atoms. The minimum absolute atomic E-state index is 0.0572. The highest BCUT2D eigenvalue weighted by Gasteiger charge is 2.25. The molecule has 0 radical (unpaired) electrons. The van der Waals surface area contributed by atoms with Gasteiger partial charge in [0.1, 0.15) is 0 Å². The van der Waals surface area contributed by atoms with E-state index >= 15 is 0 Å². The molecule has 140 valence electrons. The van der Waals surface area contributed by atoms with Crippen molar-refractivity contribution in [3.8, 4) is 0 Å². The SMILES string of the molecule is Cn1c(C2CCCCC2)cc2c1CCN(c1ccc(S(=O)(=O)O)cc1)C2. The molecule has 1 aromatic carbocycles. The lowest BCUT2D eigenvalue weighted by molar-refractivity contribution is 0.428. The van der Waals surface area contributed by atoms with Crippen molar-refractivity contribution in [1.29, 1.82) is 0 Å². The molecular formula is C20H26N2O3S. The van der Waals surface area contributed by atoms with Gasteiger partial charge in [0.15, 0.2) is 0 Å². The normalized spacial score (nSPS) is 18.8. The lowest BCUT2D eigenvalue weighted by Gasteiger charge is -2.30. The van der Waals surface area contributed by atoms with E-state index in [1.165, 1.54) is 61.2 Å². The maximum atomic E-state index is 11.2. The Balaban J connectivity index is 1.56.